The molecule has 1 heterocycles. The van der Waals surface area contributed by atoms with Gasteiger partial charge in [0.25, 0.3) is 11.5 Å². The maximum atomic E-state index is 14.8. The van der Waals surface area contributed by atoms with Crippen LogP contribution in [0.5, 0.6) is 5.75 Å². The van der Waals surface area contributed by atoms with E-state index in [4.69, 9.17) is 4.74 Å². The van der Waals surface area contributed by atoms with Crippen LogP contribution in [0, 0.1) is 0 Å². The van der Waals surface area contributed by atoms with Crippen LogP contribution in [-0.4, -0.2) is 40.1 Å². The summed E-state index contributed by atoms with van der Waals surface area (Å²) in [6.07, 6.45) is 0.268. The number of aromatic nitrogens is 1. The topological polar surface area (TPSA) is 106 Å². The number of pyridine rings is 1. The van der Waals surface area contributed by atoms with E-state index in [1.54, 1.807) is 60.7 Å². The molecule has 9 heteroatoms. The van der Waals surface area contributed by atoms with Crippen LogP contribution in [0.3, 0.4) is 0 Å². The first kappa shape index (κ1) is 23.4. The number of amides is 1. The number of nitrogens with zero attached hydrogens (tertiary/aromatic N) is 2. The lowest BCUT2D eigenvalue weighted by atomic mass is 9.99. The molecule has 0 aliphatic heterocycles. The minimum Gasteiger partial charge on any atom is -0.507 e. The third-order valence-corrected chi connectivity index (χ3v) is 5.00. The van der Waals surface area contributed by atoms with Crippen molar-refractivity contribution in [2.24, 2.45) is 0 Å². The standard InChI is InChI=1S/C24H21FN2O6/c1-33-24(32)20-18(14-16-8-4-2-5-9-16)21(29)19(22(30)26(20)12-13-28)23(31)27(25)15-17-10-6-3-7-11-17/h2-11,13,29H,12,14-15H2,1H3. The molecule has 0 fully saturated rings. The van der Waals surface area contributed by atoms with Gasteiger partial charge in [-0.2, -0.15) is 5.12 Å². The predicted octanol–water partition coefficient (Wildman–Crippen LogP) is 2.66. The SMILES string of the molecule is COC(=O)c1c(Cc2ccccc2)c(O)c(C(=O)N(F)Cc2ccccc2)c(=O)n1CC=O. The molecule has 3 aromatic rings. The Morgan fingerprint density at radius 2 is 1.64 bits per heavy atom. The molecule has 1 N–H and O–H groups in total. The van der Waals surface area contributed by atoms with Crippen molar-refractivity contribution in [3.8, 4) is 5.75 Å². The number of aromatic hydroxyl groups is 1. The molecule has 1 amide bonds. The molecule has 3 rings (SSSR count). The summed E-state index contributed by atoms with van der Waals surface area (Å²) in [5, 5.41) is 10.7. The Bertz CT molecular complexity index is 1230. The molecule has 170 valence electrons. The average Bonchev–Trinajstić information content (AvgIpc) is 2.83. The predicted molar refractivity (Wildman–Crippen MR) is 116 cm³/mol. The van der Waals surface area contributed by atoms with Crippen LogP contribution >= 0.6 is 0 Å². The first-order valence-electron chi connectivity index (χ1n) is 9.95. The summed E-state index contributed by atoms with van der Waals surface area (Å²) in [4.78, 5) is 49.7. The maximum Gasteiger partial charge on any atom is 0.355 e. The molecule has 0 aliphatic carbocycles. The van der Waals surface area contributed by atoms with E-state index in [0.717, 1.165) is 7.11 Å². The number of carbonyl (C=O) groups excluding carboxylic acids is 3. The number of benzene rings is 2. The number of methoxy groups -OCH3 is 1. The lowest BCUT2D eigenvalue weighted by molar-refractivity contribution is -0.108. The number of carbonyl (C=O) groups is 3. The van der Waals surface area contributed by atoms with Crippen LogP contribution in [0.15, 0.2) is 65.5 Å². The molecule has 0 bridgehead atoms. The van der Waals surface area contributed by atoms with E-state index in [0.29, 0.717) is 22.0 Å². The summed E-state index contributed by atoms with van der Waals surface area (Å²) < 4.78 is 20.2. The molecule has 0 saturated carbocycles. The van der Waals surface area contributed by atoms with Gasteiger partial charge in [-0.3, -0.25) is 14.2 Å². The van der Waals surface area contributed by atoms with E-state index >= 15 is 0 Å². The number of ether oxygens (including phenoxy) is 1. The van der Waals surface area contributed by atoms with E-state index in [1.165, 1.54) is 0 Å². The van der Waals surface area contributed by atoms with Gasteiger partial charge in [0.15, 0.2) is 0 Å². The summed E-state index contributed by atoms with van der Waals surface area (Å²) in [7, 11) is 1.07. The normalized spacial score (nSPS) is 10.5. The van der Waals surface area contributed by atoms with Gasteiger partial charge in [-0.05, 0) is 11.1 Å². The van der Waals surface area contributed by atoms with Crippen LogP contribution < -0.4 is 5.56 Å². The lowest BCUT2D eigenvalue weighted by Gasteiger charge is -2.19. The molecule has 2 aromatic carbocycles. The Labute approximate surface area is 188 Å². The van der Waals surface area contributed by atoms with E-state index in [1.807, 2.05) is 0 Å². The number of rotatable bonds is 8. The van der Waals surface area contributed by atoms with Crippen molar-refractivity contribution in [2.45, 2.75) is 19.5 Å². The fourth-order valence-electron chi connectivity index (χ4n) is 3.44. The van der Waals surface area contributed by atoms with E-state index in [2.05, 4.69) is 0 Å². The monoisotopic (exact) mass is 452 g/mol. The van der Waals surface area contributed by atoms with Gasteiger partial charge in [0.05, 0.1) is 20.2 Å². The van der Waals surface area contributed by atoms with E-state index < -0.39 is 41.8 Å². The molecule has 0 spiro atoms. The van der Waals surface area contributed by atoms with Gasteiger partial charge in [0.2, 0.25) is 0 Å². The minimum atomic E-state index is -1.40. The van der Waals surface area contributed by atoms with Crippen LogP contribution in [0.2, 0.25) is 0 Å². The fourth-order valence-corrected chi connectivity index (χ4v) is 3.44. The van der Waals surface area contributed by atoms with Gasteiger partial charge in [0, 0.05) is 12.0 Å². The second-order valence-corrected chi connectivity index (χ2v) is 7.10. The second-order valence-electron chi connectivity index (χ2n) is 7.10. The van der Waals surface area contributed by atoms with Crippen molar-refractivity contribution >= 4 is 18.2 Å². The van der Waals surface area contributed by atoms with Crippen LogP contribution in [0.4, 0.5) is 4.48 Å². The number of esters is 1. The van der Waals surface area contributed by atoms with Crippen molar-refractivity contribution in [1.29, 1.82) is 0 Å². The lowest BCUT2D eigenvalue weighted by Crippen LogP contribution is -2.36. The van der Waals surface area contributed by atoms with Gasteiger partial charge in [-0.15, -0.1) is 0 Å². The van der Waals surface area contributed by atoms with Gasteiger partial charge >= 0.3 is 5.97 Å². The van der Waals surface area contributed by atoms with Gasteiger partial charge in [-0.25, -0.2) is 4.79 Å². The van der Waals surface area contributed by atoms with Crippen LogP contribution in [0.25, 0.3) is 0 Å². The third kappa shape index (κ3) is 4.98. The highest BCUT2D eigenvalue weighted by Gasteiger charge is 2.32. The average molecular weight is 452 g/mol. The first-order chi connectivity index (χ1) is 15.9. The quantitative estimate of drug-likeness (QED) is 0.320. The van der Waals surface area contributed by atoms with Crippen LogP contribution in [-0.2, 0) is 29.0 Å². The summed E-state index contributed by atoms with van der Waals surface area (Å²) in [6, 6.07) is 16.8. The Balaban J connectivity index is 2.19. The summed E-state index contributed by atoms with van der Waals surface area (Å²) in [5.74, 6) is -3.23. The highest BCUT2D eigenvalue weighted by atomic mass is 19.2. The number of aldehydes is 1. The zero-order valence-electron chi connectivity index (χ0n) is 17.7. The van der Waals surface area contributed by atoms with Crippen molar-refractivity contribution in [2.75, 3.05) is 7.11 Å². The molecule has 0 atom stereocenters. The fraction of sp³-hybridized carbons (Fsp3) is 0.167. The Kier molecular flexibility index (Phi) is 7.34. The molecule has 0 radical (unpaired) electrons. The maximum absolute atomic E-state index is 14.8. The molecular weight excluding hydrogens is 431 g/mol. The molecule has 8 nitrogen and oxygen atoms in total. The number of halogens is 1. The molecular formula is C24H21FN2O6. The molecule has 1 aromatic heterocycles. The molecule has 0 unspecified atom stereocenters. The Hall–Kier alpha value is -4.27. The van der Waals surface area contributed by atoms with E-state index in [-0.39, 0.29) is 22.8 Å². The van der Waals surface area contributed by atoms with Gasteiger partial charge in [-0.1, -0.05) is 65.1 Å². The Morgan fingerprint density at radius 3 is 2.18 bits per heavy atom. The zero-order valence-corrected chi connectivity index (χ0v) is 17.7. The largest absolute Gasteiger partial charge is 0.507 e. The number of hydrogen-bond donors (Lipinski definition) is 1. The smallest absolute Gasteiger partial charge is 0.355 e. The van der Waals surface area contributed by atoms with Gasteiger partial charge in [0.1, 0.15) is 23.3 Å². The second kappa shape index (κ2) is 10.4. The summed E-state index contributed by atoms with van der Waals surface area (Å²) in [6.45, 7) is -1.07. The van der Waals surface area contributed by atoms with E-state index in [9.17, 15) is 28.8 Å². The molecule has 0 saturated heterocycles. The highest BCUT2D eigenvalue weighted by molar-refractivity contribution is 5.99. The van der Waals surface area contributed by atoms with Crippen molar-refractivity contribution < 1.29 is 28.7 Å². The van der Waals surface area contributed by atoms with Gasteiger partial charge < -0.3 is 14.6 Å². The van der Waals surface area contributed by atoms with Crippen molar-refractivity contribution in [3.05, 3.63) is 99.0 Å². The number of hydrogen-bond acceptors (Lipinski definition) is 6. The highest BCUT2D eigenvalue weighted by Crippen LogP contribution is 2.28. The Morgan fingerprint density at radius 1 is 1.06 bits per heavy atom. The van der Waals surface area contributed by atoms with Crippen LogP contribution in [0.1, 0.15) is 37.5 Å². The summed E-state index contributed by atoms with van der Waals surface area (Å²) >= 11 is 0. The first-order valence-corrected chi connectivity index (χ1v) is 9.95. The van der Waals surface area contributed by atoms with Crippen molar-refractivity contribution in [1.82, 2.24) is 9.69 Å². The molecule has 0 aliphatic rings. The molecule has 33 heavy (non-hydrogen) atoms. The minimum absolute atomic E-state index is 0.0819. The summed E-state index contributed by atoms with van der Waals surface area (Å²) in [5.41, 5.74) is -1.50. The third-order valence-electron chi connectivity index (χ3n) is 5.00. The zero-order chi connectivity index (χ0) is 24.0. The van der Waals surface area contributed by atoms with Crippen molar-refractivity contribution in [3.63, 3.8) is 0 Å².